The Hall–Kier alpha value is -2.37. The van der Waals surface area contributed by atoms with E-state index in [0.29, 0.717) is 18.7 Å². The van der Waals surface area contributed by atoms with Gasteiger partial charge < -0.3 is 14.7 Å². The van der Waals surface area contributed by atoms with Crippen LogP contribution in [-0.2, 0) is 13.0 Å². The van der Waals surface area contributed by atoms with Crippen LogP contribution in [0.3, 0.4) is 0 Å². The van der Waals surface area contributed by atoms with Crippen LogP contribution in [0.1, 0.15) is 72.5 Å². The van der Waals surface area contributed by atoms with Gasteiger partial charge in [0.1, 0.15) is 5.75 Å². The second-order valence-corrected chi connectivity index (χ2v) is 9.48. The van der Waals surface area contributed by atoms with Crippen molar-refractivity contribution >= 4 is 5.91 Å². The third-order valence-corrected chi connectivity index (χ3v) is 6.86. The number of fused-ring (bicyclic) bond motifs is 3. The number of benzene rings is 2. The normalized spacial score (nSPS) is 20.1. The van der Waals surface area contributed by atoms with E-state index in [2.05, 4.69) is 36.1 Å². The molecule has 1 unspecified atom stereocenters. The number of hydrogen-bond acceptors (Lipinski definition) is 4. The van der Waals surface area contributed by atoms with Gasteiger partial charge in [0.2, 0.25) is 0 Å². The zero-order valence-corrected chi connectivity index (χ0v) is 20.0. The number of likely N-dealkylation sites (tertiary alicyclic amines) is 1. The molecule has 4 rings (SSSR count). The minimum absolute atomic E-state index is 0.0118. The van der Waals surface area contributed by atoms with E-state index < -0.39 is 0 Å². The van der Waals surface area contributed by atoms with E-state index in [1.807, 2.05) is 23.1 Å². The Kier molecular flexibility index (Phi) is 8.40. The minimum atomic E-state index is -0.0647. The third-order valence-electron chi connectivity index (χ3n) is 6.86. The monoisotopic (exact) mass is 450 g/mol. The summed E-state index contributed by atoms with van der Waals surface area (Å²) in [5.41, 5.74) is 4.32. The Morgan fingerprint density at radius 1 is 1.06 bits per heavy atom. The molecule has 1 atom stereocenters. The predicted octanol–water partition coefficient (Wildman–Crippen LogP) is 4.65. The molecule has 2 aromatic carbocycles. The van der Waals surface area contributed by atoms with Crippen LogP contribution in [0.15, 0.2) is 42.5 Å². The van der Waals surface area contributed by atoms with Crippen LogP contribution in [-0.4, -0.2) is 59.7 Å². The zero-order valence-electron chi connectivity index (χ0n) is 20.0. The van der Waals surface area contributed by atoms with Gasteiger partial charge in [0.25, 0.3) is 5.91 Å². The van der Waals surface area contributed by atoms with Crippen molar-refractivity contribution in [3.8, 4) is 5.75 Å². The minimum Gasteiger partial charge on any atom is -0.493 e. The molecular weight excluding hydrogens is 412 g/mol. The van der Waals surface area contributed by atoms with Gasteiger partial charge in [0.15, 0.2) is 0 Å². The third kappa shape index (κ3) is 6.15. The van der Waals surface area contributed by atoms with Gasteiger partial charge in [-0.3, -0.25) is 9.69 Å². The summed E-state index contributed by atoms with van der Waals surface area (Å²) in [6.07, 6.45) is 7.11. The molecule has 0 aliphatic carbocycles. The lowest BCUT2D eigenvalue weighted by atomic mass is 9.99. The second-order valence-electron chi connectivity index (χ2n) is 9.48. The van der Waals surface area contributed by atoms with Crippen LogP contribution < -0.4 is 4.74 Å². The lowest BCUT2D eigenvalue weighted by Crippen LogP contribution is -2.37. The number of rotatable bonds is 4. The van der Waals surface area contributed by atoms with Crippen molar-refractivity contribution in [2.24, 2.45) is 0 Å². The summed E-state index contributed by atoms with van der Waals surface area (Å²) in [6, 6.07) is 14.6. The van der Waals surface area contributed by atoms with Gasteiger partial charge in [-0.05, 0) is 86.5 Å². The van der Waals surface area contributed by atoms with E-state index >= 15 is 0 Å². The van der Waals surface area contributed by atoms with Crippen LogP contribution >= 0.6 is 0 Å². The van der Waals surface area contributed by atoms with E-state index in [-0.39, 0.29) is 18.6 Å². The molecule has 1 N–H and O–H groups in total. The number of aliphatic hydroxyl groups excluding tert-OH is 1. The maximum atomic E-state index is 13.2. The average molecular weight is 451 g/mol. The molecule has 0 spiro atoms. The Morgan fingerprint density at radius 3 is 2.79 bits per heavy atom. The summed E-state index contributed by atoms with van der Waals surface area (Å²) in [7, 11) is 0. The van der Waals surface area contributed by atoms with E-state index in [1.54, 1.807) is 0 Å². The average Bonchev–Trinajstić information content (AvgIpc) is 3.30. The number of ether oxygens (including phenoxy) is 1. The summed E-state index contributed by atoms with van der Waals surface area (Å²) in [5, 5.41) is 9.66. The quantitative estimate of drug-likeness (QED) is 0.737. The molecule has 2 aliphatic heterocycles. The number of aliphatic hydroxyl groups is 1. The molecule has 5 heteroatoms. The summed E-state index contributed by atoms with van der Waals surface area (Å²) < 4.78 is 6.20. The van der Waals surface area contributed by atoms with Crippen molar-refractivity contribution in [1.29, 1.82) is 0 Å². The van der Waals surface area contributed by atoms with Gasteiger partial charge in [0, 0.05) is 25.1 Å². The van der Waals surface area contributed by atoms with Crippen LogP contribution in [0.25, 0.3) is 0 Å². The van der Waals surface area contributed by atoms with Crippen molar-refractivity contribution in [2.45, 2.75) is 64.5 Å². The molecule has 2 aromatic rings. The molecule has 178 valence electrons. The Morgan fingerprint density at radius 2 is 1.94 bits per heavy atom. The Labute approximate surface area is 198 Å². The van der Waals surface area contributed by atoms with Crippen molar-refractivity contribution in [2.75, 3.05) is 32.8 Å². The zero-order chi connectivity index (χ0) is 23.0. The molecule has 33 heavy (non-hydrogen) atoms. The number of amides is 1. The first kappa shape index (κ1) is 23.8. The molecule has 1 fully saturated rings. The highest BCUT2D eigenvalue weighted by Crippen LogP contribution is 2.27. The Balaban J connectivity index is 1.61. The van der Waals surface area contributed by atoms with Gasteiger partial charge in [-0.25, -0.2) is 0 Å². The van der Waals surface area contributed by atoms with E-state index in [0.717, 1.165) is 63.1 Å². The highest BCUT2D eigenvalue weighted by atomic mass is 16.5. The largest absolute Gasteiger partial charge is 0.493 e. The van der Waals surface area contributed by atoms with E-state index in [9.17, 15) is 9.90 Å². The van der Waals surface area contributed by atoms with E-state index in [4.69, 9.17) is 4.74 Å². The number of carbonyl (C=O) groups excluding carboxylic acids is 1. The molecular formula is C28H38N2O3. The van der Waals surface area contributed by atoms with E-state index in [1.165, 1.54) is 24.0 Å². The maximum Gasteiger partial charge on any atom is 0.254 e. The smallest absolute Gasteiger partial charge is 0.254 e. The second kappa shape index (κ2) is 11.7. The fourth-order valence-electron chi connectivity index (χ4n) is 5.15. The molecule has 5 nitrogen and oxygen atoms in total. The maximum absolute atomic E-state index is 13.2. The topological polar surface area (TPSA) is 53.0 Å². The molecule has 2 aliphatic rings. The number of carbonyl (C=O) groups is 1. The van der Waals surface area contributed by atoms with Crippen molar-refractivity contribution in [1.82, 2.24) is 9.80 Å². The predicted molar refractivity (Wildman–Crippen MR) is 132 cm³/mol. The molecule has 2 bridgehead atoms. The fourth-order valence-corrected chi connectivity index (χ4v) is 5.15. The standard InChI is InChI=1S/C28H38N2O3/c1-2-13-29-14-4-3-5-16-33-27-12-11-24(28(32)30-15-7-10-26(30)21-31)19-25(27)18-22-8-6-9-23(17-22)20-29/h6,8-9,11-12,17,19,26,31H,2-5,7,10,13-16,18,20-21H2,1H3. The first-order chi connectivity index (χ1) is 16.2. The van der Waals surface area contributed by atoms with Crippen LogP contribution in [0.2, 0.25) is 0 Å². The molecule has 0 saturated carbocycles. The van der Waals surface area contributed by atoms with Crippen molar-refractivity contribution in [3.63, 3.8) is 0 Å². The van der Waals surface area contributed by atoms with Gasteiger partial charge in [-0.15, -0.1) is 0 Å². The molecule has 0 aromatic heterocycles. The lowest BCUT2D eigenvalue weighted by Gasteiger charge is -2.24. The summed E-state index contributed by atoms with van der Waals surface area (Å²) >= 11 is 0. The van der Waals surface area contributed by atoms with Gasteiger partial charge >= 0.3 is 0 Å². The SMILES string of the molecule is CCCN1CCCCCOc2ccc(C(=O)N3CCCC3CO)cc2Cc2cccc(c2)C1. The lowest BCUT2D eigenvalue weighted by molar-refractivity contribution is 0.0677. The summed E-state index contributed by atoms with van der Waals surface area (Å²) in [4.78, 5) is 17.6. The van der Waals surface area contributed by atoms with Gasteiger partial charge in [-0.1, -0.05) is 31.2 Å². The summed E-state index contributed by atoms with van der Waals surface area (Å²) in [5.74, 6) is 0.888. The molecule has 2 heterocycles. The van der Waals surface area contributed by atoms with Crippen LogP contribution in [0.4, 0.5) is 0 Å². The molecule has 1 amide bonds. The molecule has 0 radical (unpaired) electrons. The first-order valence-corrected chi connectivity index (χ1v) is 12.7. The summed E-state index contributed by atoms with van der Waals surface area (Å²) in [6.45, 7) is 6.94. The fraction of sp³-hybridized carbons (Fsp3) is 0.536. The van der Waals surface area contributed by atoms with Gasteiger partial charge in [0.05, 0.1) is 19.3 Å². The van der Waals surface area contributed by atoms with Crippen molar-refractivity contribution in [3.05, 3.63) is 64.7 Å². The number of hydrogen-bond donors (Lipinski definition) is 1. The number of nitrogens with zero attached hydrogens (tertiary/aromatic N) is 2. The highest BCUT2D eigenvalue weighted by molar-refractivity contribution is 5.95. The van der Waals surface area contributed by atoms with Crippen molar-refractivity contribution < 1.29 is 14.6 Å². The first-order valence-electron chi connectivity index (χ1n) is 12.7. The van der Waals surface area contributed by atoms with Crippen LogP contribution in [0, 0.1) is 0 Å². The molecule has 1 saturated heterocycles. The Bertz CT molecular complexity index is 929. The highest BCUT2D eigenvalue weighted by Gasteiger charge is 2.29. The van der Waals surface area contributed by atoms with Gasteiger partial charge in [-0.2, -0.15) is 0 Å². The van der Waals surface area contributed by atoms with Crippen LogP contribution in [0.5, 0.6) is 5.75 Å².